The first-order valence-electron chi connectivity index (χ1n) is 6.20. The van der Waals surface area contributed by atoms with Gasteiger partial charge in [-0.25, -0.2) is 0 Å². The van der Waals surface area contributed by atoms with Crippen LogP contribution in [-0.4, -0.2) is 42.8 Å². The summed E-state index contributed by atoms with van der Waals surface area (Å²) in [4.78, 5) is 0. The second-order valence-corrected chi connectivity index (χ2v) is 5.75. The molecule has 2 aromatic rings. The van der Waals surface area contributed by atoms with Gasteiger partial charge in [0.15, 0.2) is 5.65 Å². The van der Waals surface area contributed by atoms with Crippen molar-refractivity contribution in [2.24, 2.45) is 0 Å². The maximum absolute atomic E-state index is 4.34. The molecule has 0 aromatic carbocycles. The monoisotopic (exact) mass is 264 g/mol. The second-order valence-electron chi connectivity index (χ2n) is 4.61. The Bertz CT molecular complexity index is 527. The Morgan fingerprint density at radius 1 is 1.39 bits per heavy atom. The van der Waals surface area contributed by atoms with E-state index in [1.165, 1.54) is 30.3 Å². The Hall–Kier alpha value is -1.37. The van der Waals surface area contributed by atoms with E-state index in [0.717, 1.165) is 11.1 Å². The Kier molecular flexibility index (Phi) is 3.31. The van der Waals surface area contributed by atoms with E-state index in [2.05, 4.69) is 32.2 Å². The third kappa shape index (κ3) is 2.40. The Morgan fingerprint density at radius 2 is 2.33 bits per heavy atom. The molecule has 1 saturated carbocycles. The van der Waals surface area contributed by atoms with Crippen LogP contribution in [0.5, 0.6) is 0 Å². The molecular formula is C11H16N6S. The van der Waals surface area contributed by atoms with E-state index in [9.17, 15) is 0 Å². The number of hydrogen-bond donors (Lipinski definition) is 1. The number of nitrogens with one attached hydrogen (secondary N) is 1. The van der Waals surface area contributed by atoms with Gasteiger partial charge in [-0.15, -0.1) is 14.8 Å². The van der Waals surface area contributed by atoms with Gasteiger partial charge in [-0.2, -0.15) is 11.8 Å². The van der Waals surface area contributed by atoms with Gasteiger partial charge in [0.1, 0.15) is 5.82 Å². The summed E-state index contributed by atoms with van der Waals surface area (Å²) in [6, 6.07) is 4.33. The lowest BCUT2D eigenvalue weighted by molar-refractivity contribution is 0.472. The minimum Gasteiger partial charge on any atom is -0.366 e. The van der Waals surface area contributed by atoms with Gasteiger partial charge in [-0.05, 0) is 48.1 Å². The van der Waals surface area contributed by atoms with Crippen molar-refractivity contribution in [3.05, 3.63) is 12.1 Å². The maximum Gasteiger partial charge on any atom is 0.200 e. The van der Waals surface area contributed by atoms with Crippen LogP contribution in [0.1, 0.15) is 25.7 Å². The highest BCUT2D eigenvalue weighted by Gasteiger charge is 2.21. The predicted molar refractivity (Wildman–Crippen MR) is 71.8 cm³/mol. The van der Waals surface area contributed by atoms with Crippen LogP contribution in [0, 0.1) is 0 Å². The molecule has 1 fully saturated rings. The molecule has 0 saturated heterocycles. The van der Waals surface area contributed by atoms with Gasteiger partial charge in [-0.3, -0.25) is 0 Å². The minimum absolute atomic E-state index is 0.512. The summed E-state index contributed by atoms with van der Waals surface area (Å²) in [6.07, 6.45) is 7.23. The highest BCUT2D eigenvalue weighted by Crippen LogP contribution is 2.28. The van der Waals surface area contributed by atoms with Crippen LogP contribution in [0.15, 0.2) is 12.1 Å². The van der Waals surface area contributed by atoms with Crippen LogP contribution in [0.25, 0.3) is 5.65 Å². The number of thioether (sulfide) groups is 1. The molecule has 1 N–H and O–H groups in total. The normalized spacial score (nSPS) is 24.3. The highest BCUT2D eigenvalue weighted by molar-refractivity contribution is 7.99. The second kappa shape index (κ2) is 5.09. The van der Waals surface area contributed by atoms with Gasteiger partial charge in [0, 0.05) is 11.3 Å². The first kappa shape index (κ1) is 11.7. The molecular weight excluding hydrogens is 248 g/mol. The minimum atomic E-state index is 0.512. The van der Waals surface area contributed by atoms with E-state index in [0.29, 0.717) is 11.7 Å². The lowest BCUT2D eigenvalue weighted by atomic mass is 9.95. The van der Waals surface area contributed by atoms with Crippen molar-refractivity contribution in [3.8, 4) is 0 Å². The summed E-state index contributed by atoms with van der Waals surface area (Å²) < 4.78 is 1.46. The van der Waals surface area contributed by atoms with Crippen molar-refractivity contribution in [1.29, 1.82) is 0 Å². The number of rotatable bonds is 3. The summed E-state index contributed by atoms with van der Waals surface area (Å²) in [5.74, 6) is 0.849. The van der Waals surface area contributed by atoms with Crippen LogP contribution >= 0.6 is 11.8 Å². The molecule has 96 valence electrons. The number of aromatic nitrogens is 5. The summed E-state index contributed by atoms with van der Waals surface area (Å²) >= 11 is 1.97. The fraction of sp³-hybridized carbons (Fsp3) is 0.636. The van der Waals surface area contributed by atoms with Gasteiger partial charge >= 0.3 is 0 Å². The van der Waals surface area contributed by atoms with Gasteiger partial charge in [0.05, 0.1) is 0 Å². The van der Waals surface area contributed by atoms with E-state index in [1.807, 2.05) is 23.9 Å². The first-order chi connectivity index (χ1) is 8.85. The third-order valence-electron chi connectivity index (χ3n) is 3.38. The number of nitrogens with zero attached hydrogens (tertiary/aromatic N) is 5. The van der Waals surface area contributed by atoms with Crippen molar-refractivity contribution in [3.63, 3.8) is 0 Å². The fourth-order valence-corrected chi connectivity index (χ4v) is 3.25. The molecule has 0 radical (unpaired) electrons. The molecule has 2 atom stereocenters. The molecule has 2 heterocycles. The average molecular weight is 264 g/mol. The molecule has 0 amide bonds. The quantitative estimate of drug-likeness (QED) is 0.908. The van der Waals surface area contributed by atoms with Gasteiger partial charge in [0.2, 0.25) is 0 Å². The molecule has 1 aliphatic carbocycles. The zero-order valence-corrected chi connectivity index (χ0v) is 11.1. The summed E-state index contributed by atoms with van der Waals surface area (Å²) in [7, 11) is 0. The van der Waals surface area contributed by atoms with Crippen LogP contribution in [0.2, 0.25) is 0 Å². The standard InChI is InChI=1S/C11H16N6S/c1-18-9-4-2-3-8(7-9)12-10-5-6-11-13-15-16-17(11)14-10/h5-6,8-9H,2-4,7H2,1H3,(H,12,14). The number of hydrogen-bond acceptors (Lipinski definition) is 6. The van der Waals surface area contributed by atoms with Crippen LogP contribution in [0.4, 0.5) is 5.82 Å². The van der Waals surface area contributed by atoms with Crippen molar-refractivity contribution in [1.82, 2.24) is 25.3 Å². The van der Waals surface area contributed by atoms with Gasteiger partial charge < -0.3 is 5.32 Å². The largest absolute Gasteiger partial charge is 0.366 e. The Balaban J connectivity index is 1.71. The molecule has 1 aliphatic rings. The summed E-state index contributed by atoms with van der Waals surface area (Å²) in [5, 5.41) is 19.8. The molecule has 7 heteroatoms. The molecule has 18 heavy (non-hydrogen) atoms. The Morgan fingerprint density at radius 3 is 3.22 bits per heavy atom. The highest BCUT2D eigenvalue weighted by atomic mass is 32.2. The van der Waals surface area contributed by atoms with Crippen molar-refractivity contribution < 1.29 is 0 Å². The lowest BCUT2D eigenvalue weighted by Crippen LogP contribution is -2.29. The zero-order valence-electron chi connectivity index (χ0n) is 10.3. The van der Waals surface area contributed by atoms with Gasteiger partial charge in [-0.1, -0.05) is 6.42 Å². The zero-order chi connectivity index (χ0) is 12.4. The third-order valence-corrected chi connectivity index (χ3v) is 4.48. The van der Waals surface area contributed by atoms with Crippen LogP contribution in [-0.2, 0) is 0 Å². The molecule has 0 spiro atoms. The predicted octanol–water partition coefficient (Wildman–Crippen LogP) is 1.61. The van der Waals surface area contributed by atoms with Crippen LogP contribution < -0.4 is 5.32 Å². The molecule has 0 aliphatic heterocycles. The average Bonchev–Trinajstić information content (AvgIpc) is 2.86. The molecule has 6 nitrogen and oxygen atoms in total. The van der Waals surface area contributed by atoms with E-state index >= 15 is 0 Å². The first-order valence-corrected chi connectivity index (χ1v) is 7.49. The summed E-state index contributed by atoms with van der Waals surface area (Å²) in [5.41, 5.74) is 0.672. The van der Waals surface area contributed by atoms with E-state index in [-0.39, 0.29) is 0 Å². The smallest absolute Gasteiger partial charge is 0.200 e. The van der Waals surface area contributed by atoms with Crippen molar-refractivity contribution >= 4 is 23.2 Å². The molecule has 2 unspecified atom stereocenters. The lowest BCUT2D eigenvalue weighted by Gasteiger charge is -2.28. The van der Waals surface area contributed by atoms with Crippen molar-refractivity contribution in [2.45, 2.75) is 37.0 Å². The number of tetrazole rings is 1. The van der Waals surface area contributed by atoms with Crippen molar-refractivity contribution in [2.75, 3.05) is 11.6 Å². The maximum atomic E-state index is 4.34. The summed E-state index contributed by atoms with van der Waals surface area (Å²) in [6.45, 7) is 0. The van der Waals surface area contributed by atoms with Gasteiger partial charge in [0.25, 0.3) is 0 Å². The fourth-order valence-electron chi connectivity index (χ4n) is 2.43. The topological polar surface area (TPSA) is 68.0 Å². The van der Waals surface area contributed by atoms with E-state index < -0.39 is 0 Å². The van der Waals surface area contributed by atoms with Crippen LogP contribution in [0.3, 0.4) is 0 Å². The molecule has 3 rings (SSSR count). The Labute approximate surface area is 110 Å². The number of fused-ring (bicyclic) bond motifs is 1. The van der Waals surface area contributed by atoms with E-state index in [1.54, 1.807) is 0 Å². The van der Waals surface area contributed by atoms with E-state index in [4.69, 9.17) is 0 Å². The molecule has 2 aromatic heterocycles. The molecule has 0 bridgehead atoms. The SMILES string of the molecule is CSC1CCCC(Nc2ccc3nnnn3n2)C1. The number of anilines is 1.